The molecule has 6 nitrogen and oxygen atoms in total. The van der Waals surface area contributed by atoms with Crippen LogP contribution in [0.3, 0.4) is 0 Å². The van der Waals surface area contributed by atoms with Crippen LogP contribution in [0.2, 0.25) is 0 Å². The number of nitrogens with one attached hydrogen (secondary N) is 1. The minimum Gasteiger partial charge on any atom is -0.459 e. The molecule has 0 unspecified atom stereocenters. The van der Waals surface area contributed by atoms with E-state index in [1.807, 2.05) is 0 Å². The molecular formula is C38H52F5NO5. The van der Waals surface area contributed by atoms with Crippen molar-refractivity contribution in [3.05, 3.63) is 65.0 Å². The quantitative estimate of drug-likeness (QED) is 0.0279. The summed E-state index contributed by atoms with van der Waals surface area (Å²) in [5.74, 6) is -15.1. The normalized spacial score (nSPS) is 11.8. The average molecular weight is 698 g/mol. The van der Waals surface area contributed by atoms with Crippen molar-refractivity contribution in [2.75, 3.05) is 0 Å². The number of amides is 1. The molecule has 1 atom stereocenters. The summed E-state index contributed by atoms with van der Waals surface area (Å²) in [5.41, 5.74) is 0.676. The van der Waals surface area contributed by atoms with Crippen molar-refractivity contribution in [3.63, 3.8) is 0 Å². The molecule has 1 N–H and O–H groups in total. The highest BCUT2D eigenvalue weighted by Crippen LogP contribution is 2.29. The van der Waals surface area contributed by atoms with E-state index in [1.54, 1.807) is 30.3 Å². The fourth-order valence-corrected chi connectivity index (χ4v) is 5.41. The van der Waals surface area contributed by atoms with Crippen molar-refractivity contribution in [1.82, 2.24) is 5.32 Å². The van der Waals surface area contributed by atoms with Crippen molar-refractivity contribution in [2.24, 2.45) is 5.92 Å². The number of hydrogen-bond acceptors (Lipinski definition) is 5. The Labute approximate surface area is 287 Å². The topological polar surface area (TPSA) is 81.7 Å². The number of halogens is 5. The van der Waals surface area contributed by atoms with Crippen LogP contribution in [0.15, 0.2) is 30.3 Å². The summed E-state index contributed by atoms with van der Waals surface area (Å²) in [6.45, 7) is 4.44. The van der Waals surface area contributed by atoms with Gasteiger partial charge in [-0.25, -0.2) is 18.0 Å². The Hall–Kier alpha value is -3.50. The highest BCUT2D eigenvalue weighted by atomic mass is 19.2. The SMILES string of the molecule is CC(C)CCCCCCCCCCCCCCCCC(=O)N[C@@H](CCC(=O)Oc1c(F)c(F)c(F)c(F)c1F)C(=O)OCc1ccccc1. The summed E-state index contributed by atoms with van der Waals surface area (Å²) >= 11 is 0. The van der Waals surface area contributed by atoms with Crippen molar-refractivity contribution in [2.45, 2.75) is 142 Å². The maximum atomic E-state index is 13.9. The van der Waals surface area contributed by atoms with Crippen molar-refractivity contribution in [3.8, 4) is 5.75 Å². The van der Waals surface area contributed by atoms with Crippen molar-refractivity contribution in [1.29, 1.82) is 0 Å². The third kappa shape index (κ3) is 16.6. The zero-order chi connectivity index (χ0) is 36.0. The second-order valence-electron chi connectivity index (χ2n) is 13.0. The maximum absolute atomic E-state index is 13.9. The molecule has 0 aliphatic carbocycles. The summed E-state index contributed by atoms with van der Waals surface area (Å²) in [5, 5.41) is 2.54. The van der Waals surface area contributed by atoms with Crippen LogP contribution in [-0.4, -0.2) is 23.9 Å². The molecule has 0 saturated carbocycles. The van der Waals surface area contributed by atoms with Crippen molar-refractivity contribution >= 4 is 17.8 Å². The van der Waals surface area contributed by atoms with E-state index in [0.29, 0.717) is 12.0 Å². The smallest absolute Gasteiger partial charge is 0.328 e. The lowest BCUT2D eigenvalue weighted by Gasteiger charge is -2.18. The predicted molar refractivity (Wildman–Crippen MR) is 178 cm³/mol. The van der Waals surface area contributed by atoms with Crippen molar-refractivity contribution < 1.29 is 45.8 Å². The van der Waals surface area contributed by atoms with E-state index < -0.39 is 71.6 Å². The fourth-order valence-electron chi connectivity index (χ4n) is 5.41. The standard InChI is InChI=1S/C38H52F5NO5/c1-27(2)20-16-13-11-9-7-5-3-4-6-8-10-12-14-19-23-30(45)44-29(38(47)48-26-28-21-17-15-18-22-28)24-25-31(46)49-37-35(42)33(40)32(39)34(41)36(37)43/h15,17-18,21-22,27,29H,3-14,16,19-20,23-26H2,1-2H3,(H,44,45)/t29-/m0/s1. The Bertz CT molecular complexity index is 1260. The lowest BCUT2D eigenvalue weighted by molar-refractivity contribution is -0.149. The van der Waals surface area contributed by atoms with Crippen LogP contribution in [0.25, 0.3) is 0 Å². The molecule has 2 aromatic carbocycles. The van der Waals surface area contributed by atoms with E-state index in [-0.39, 0.29) is 13.0 Å². The Morgan fingerprint density at radius 2 is 1.08 bits per heavy atom. The highest BCUT2D eigenvalue weighted by molar-refractivity contribution is 5.85. The molecule has 11 heteroatoms. The molecule has 274 valence electrons. The Morgan fingerprint density at radius 3 is 1.59 bits per heavy atom. The van der Waals surface area contributed by atoms with Gasteiger partial charge >= 0.3 is 11.9 Å². The lowest BCUT2D eigenvalue weighted by atomic mass is 10.0. The molecule has 0 saturated heterocycles. The van der Waals surface area contributed by atoms with Crippen LogP contribution in [-0.2, 0) is 25.7 Å². The average Bonchev–Trinajstić information content (AvgIpc) is 3.09. The molecule has 2 aromatic rings. The second-order valence-corrected chi connectivity index (χ2v) is 13.0. The Morgan fingerprint density at radius 1 is 0.612 bits per heavy atom. The monoisotopic (exact) mass is 697 g/mol. The van der Waals surface area contributed by atoms with Gasteiger partial charge in [-0.15, -0.1) is 0 Å². The fraction of sp³-hybridized carbons (Fsp3) is 0.605. The number of unbranched alkanes of at least 4 members (excludes halogenated alkanes) is 13. The van der Waals surface area contributed by atoms with Gasteiger partial charge < -0.3 is 14.8 Å². The third-order valence-corrected chi connectivity index (χ3v) is 8.30. The number of benzene rings is 2. The second kappa shape index (κ2) is 23.8. The van der Waals surface area contributed by atoms with Gasteiger partial charge in [-0.2, -0.15) is 8.78 Å². The molecule has 0 radical (unpaired) electrons. The molecule has 0 fully saturated rings. The molecule has 0 aromatic heterocycles. The van der Waals surface area contributed by atoms with Crippen LogP contribution in [0, 0.1) is 35.0 Å². The number of esters is 2. The molecular weight excluding hydrogens is 645 g/mol. The third-order valence-electron chi connectivity index (χ3n) is 8.30. The Kier molecular flexibility index (Phi) is 20.2. The maximum Gasteiger partial charge on any atom is 0.328 e. The first kappa shape index (κ1) is 41.7. The van der Waals surface area contributed by atoms with E-state index in [4.69, 9.17) is 4.74 Å². The summed E-state index contributed by atoms with van der Waals surface area (Å²) in [6.07, 6.45) is 16.7. The van der Waals surface area contributed by atoms with E-state index in [1.165, 1.54) is 64.2 Å². The first-order valence-corrected chi connectivity index (χ1v) is 17.7. The van der Waals surface area contributed by atoms with Crippen LogP contribution in [0.1, 0.15) is 135 Å². The van der Waals surface area contributed by atoms with Gasteiger partial charge in [0, 0.05) is 12.8 Å². The number of carbonyl (C=O) groups excluding carboxylic acids is 3. The molecule has 49 heavy (non-hydrogen) atoms. The van der Waals surface area contributed by atoms with Gasteiger partial charge in [0.05, 0.1) is 0 Å². The number of ether oxygens (including phenoxy) is 2. The van der Waals surface area contributed by atoms with Crippen LogP contribution in [0.5, 0.6) is 5.75 Å². The molecule has 0 aliphatic heterocycles. The summed E-state index contributed by atoms with van der Waals surface area (Å²) < 4.78 is 77.9. The van der Waals surface area contributed by atoms with Gasteiger partial charge in [-0.3, -0.25) is 9.59 Å². The van der Waals surface area contributed by atoms with Gasteiger partial charge in [-0.1, -0.05) is 134 Å². The molecule has 0 aliphatic rings. The van der Waals surface area contributed by atoms with E-state index >= 15 is 0 Å². The van der Waals surface area contributed by atoms with E-state index in [9.17, 15) is 36.3 Å². The molecule has 0 heterocycles. The molecule has 0 spiro atoms. The van der Waals surface area contributed by atoms with Gasteiger partial charge in [-0.05, 0) is 24.3 Å². The van der Waals surface area contributed by atoms with Gasteiger partial charge in [0.15, 0.2) is 0 Å². The number of rotatable bonds is 25. The lowest BCUT2D eigenvalue weighted by Crippen LogP contribution is -2.42. The summed E-state index contributed by atoms with van der Waals surface area (Å²) in [7, 11) is 0. The largest absolute Gasteiger partial charge is 0.459 e. The Balaban J connectivity index is 1.72. The van der Waals surface area contributed by atoms with E-state index in [2.05, 4.69) is 23.9 Å². The van der Waals surface area contributed by atoms with Gasteiger partial charge in [0.2, 0.25) is 40.7 Å². The van der Waals surface area contributed by atoms with Crippen LogP contribution >= 0.6 is 0 Å². The molecule has 1 amide bonds. The van der Waals surface area contributed by atoms with E-state index in [0.717, 1.165) is 31.6 Å². The molecule has 0 bridgehead atoms. The van der Waals surface area contributed by atoms with Crippen LogP contribution in [0.4, 0.5) is 22.0 Å². The highest BCUT2D eigenvalue weighted by Gasteiger charge is 2.29. The number of hydrogen-bond donors (Lipinski definition) is 1. The number of carbonyl (C=O) groups is 3. The summed E-state index contributed by atoms with van der Waals surface area (Å²) in [4.78, 5) is 37.8. The minimum atomic E-state index is -2.39. The minimum absolute atomic E-state index is 0.111. The predicted octanol–water partition coefficient (Wildman–Crippen LogP) is 10.2. The van der Waals surface area contributed by atoms with Gasteiger partial charge in [0.25, 0.3) is 0 Å². The van der Waals surface area contributed by atoms with Gasteiger partial charge in [0.1, 0.15) is 12.6 Å². The first-order chi connectivity index (χ1) is 23.5. The van der Waals surface area contributed by atoms with Crippen LogP contribution < -0.4 is 10.1 Å². The summed E-state index contributed by atoms with van der Waals surface area (Å²) in [6, 6.07) is 7.40. The first-order valence-electron chi connectivity index (χ1n) is 17.7. The molecule has 2 rings (SSSR count). The zero-order valence-corrected chi connectivity index (χ0v) is 28.9. The zero-order valence-electron chi connectivity index (χ0n) is 28.9.